The summed E-state index contributed by atoms with van der Waals surface area (Å²) in [7, 11) is 0. The molecular formula is C15H17NO3. The number of benzene rings is 1. The average molecular weight is 259 g/mol. The highest BCUT2D eigenvalue weighted by atomic mass is 16.5. The summed E-state index contributed by atoms with van der Waals surface area (Å²) in [6.45, 7) is 5.58. The van der Waals surface area contributed by atoms with Crippen LogP contribution in [0, 0.1) is 6.92 Å². The fourth-order valence-electron chi connectivity index (χ4n) is 2.30. The maximum absolute atomic E-state index is 11.7. The summed E-state index contributed by atoms with van der Waals surface area (Å²) < 4.78 is 6.33. The molecule has 0 bridgehead atoms. The van der Waals surface area contributed by atoms with Crippen molar-refractivity contribution < 1.29 is 14.3 Å². The largest absolute Gasteiger partial charge is 0.468 e. The van der Waals surface area contributed by atoms with Crippen LogP contribution in [0.2, 0.25) is 0 Å². The highest BCUT2D eigenvalue weighted by Crippen LogP contribution is 2.28. The summed E-state index contributed by atoms with van der Waals surface area (Å²) >= 11 is 0. The number of aromatic nitrogens is 1. The molecule has 0 radical (unpaired) electrons. The molecule has 1 aliphatic heterocycles. The van der Waals surface area contributed by atoms with E-state index in [-0.39, 0.29) is 5.78 Å². The average Bonchev–Trinajstić information content (AvgIpc) is 2.83. The Balaban J connectivity index is 0.000000232. The van der Waals surface area contributed by atoms with Crippen LogP contribution in [0.4, 0.5) is 0 Å². The van der Waals surface area contributed by atoms with Crippen LogP contribution in [0.25, 0.3) is 10.9 Å². The van der Waals surface area contributed by atoms with E-state index in [0.29, 0.717) is 19.5 Å². The van der Waals surface area contributed by atoms with Gasteiger partial charge in [0, 0.05) is 30.1 Å². The van der Waals surface area contributed by atoms with Crippen molar-refractivity contribution in [3.8, 4) is 0 Å². The lowest BCUT2D eigenvalue weighted by Crippen LogP contribution is -2.13. The van der Waals surface area contributed by atoms with Gasteiger partial charge >= 0.3 is 0 Å². The van der Waals surface area contributed by atoms with E-state index in [1.165, 1.54) is 10.9 Å². The molecule has 2 heterocycles. The molecule has 0 amide bonds. The van der Waals surface area contributed by atoms with Gasteiger partial charge in [-0.25, -0.2) is 0 Å². The van der Waals surface area contributed by atoms with Crippen LogP contribution in [0.15, 0.2) is 24.4 Å². The van der Waals surface area contributed by atoms with Crippen LogP contribution >= 0.6 is 0 Å². The van der Waals surface area contributed by atoms with Crippen molar-refractivity contribution in [1.82, 2.24) is 4.57 Å². The molecule has 0 unspecified atom stereocenters. The van der Waals surface area contributed by atoms with Crippen LogP contribution in [0.5, 0.6) is 0 Å². The van der Waals surface area contributed by atoms with Crippen molar-refractivity contribution in [2.24, 2.45) is 0 Å². The fourth-order valence-corrected chi connectivity index (χ4v) is 2.30. The quantitative estimate of drug-likeness (QED) is 0.779. The van der Waals surface area contributed by atoms with Crippen molar-refractivity contribution in [1.29, 1.82) is 0 Å². The summed E-state index contributed by atoms with van der Waals surface area (Å²) in [4.78, 5) is 20.9. The molecule has 19 heavy (non-hydrogen) atoms. The number of hydrogen-bond acceptors (Lipinski definition) is 3. The van der Waals surface area contributed by atoms with Crippen molar-refractivity contribution in [2.75, 3.05) is 6.61 Å². The van der Waals surface area contributed by atoms with E-state index >= 15 is 0 Å². The summed E-state index contributed by atoms with van der Waals surface area (Å²) in [5.74, 6) is 0.279. The molecule has 3 rings (SSSR count). The number of Topliss-reactive ketones (excluding diaryl/α,β-unsaturated/α-hetero) is 1. The number of aryl methyl sites for hydroxylation is 2. The third kappa shape index (κ3) is 2.52. The molecule has 0 aliphatic carbocycles. The third-order valence-corrected chi connectivity index (χ3v) is 3.26. The third-order valence-electron chi connectivity index (χ3n) is 3.26. The first-order valence-corrected chi connectivity index (χ1v) is 6.36. The van der Waals surface area contributed by atoms with Crippen LogP contribution in [-0.2, 0) is 16.1 Å². The Kier molecular flexibility index (Phi) is 4.00. The van der Waals surface area contributed by atoms with E-state index in [9.17, 15) is 9.59 Å². The molecule has 1 aromatic heterocycles. The number of nitrogens with zero attached hydrogens (tertiary/aromatic N) is 1. The number of rotatable bonds is 2. The second-order valence-electron chi connectivity index (χ2n) is 4.43. The molecule has 0 fully saturated rings. The molecule has 0 saturated heterocycles. The van der Waals surface area contributed by atoms with Crippen LogP contribution in [0.1, 0.15) is 29.3 Å². The monoisotopic (exact) mass is 259 g/mol. The molecule has 0 N–H and O–H groups in total. The highest BCUT2D eigenvalue weighted by molar-refractivity contribution is 6.09. The van der Waals surface area contributed by atoms with Gasteiger partial charge in [-0.2, -0.15) is 0 Å². The molecule has 2 aromatic rings. The number of ether oxygens (including phenoxy) is 1. The van der Waals surface area contributed by atoms with Gasteiger partial charge in [0.15, 0.2) is 5.78 Å². The highest BCUT2D eigenvalue weighted by Gasteiger charge is 2.19. The summed E-state index contributed by atoms with van der Waals surface area (Å²) in [5.41, 5.74) is 3.26. The van der Waals surface area contributed by atoms with Crippen LogP contribution in [0.3, 0.4) is 0 Å². The molecule has 1 aromatic carbocycles. The second-order valence-corrected chi connectivity index (χ2v) is 4.43. The first kappa shape index (κ1) is 13.3. The summed E-state index contributed by atoms with van der Waals surface area (Å²) in [6, 6.07) is 6.09. The van der Waals surface area contributed by atoms with E-state index < -0.39 is 0 Å². The molecule has 0 saturated carbocycles. The minimum atomic E-state index is 0.279. The zero-order valence-electron chi connectivity index (χ0n) is 11.2. The van der Waals surface area contributed by atoms with E-state index in [0.717, 1.165) is 17.6 Å². The van der Waals surface area contributed by atoms with Gasteiger partial charge in [-0.15, -0.1) is 0 Å². The predicted octanol–water partition coefficient (Wildman–Crippen LogP) is 2.72. The smallest absolute Gasteiger partial charge is 0.293 e. The first-order chi connectivity index (χ1) is 9.19. The topological polar surface area (TPSA) is 48.3 Å². The summed E-state index contributed by atoms with van der Waals surface area (Å²) in [5, 5.41) is 1.22. The van der Waals surface area contributed by atoms with E-state index in [1.807, 2.05) is 12.1 Å². The Bertz CT molecular complexity index is 613. The molecule has 0 spiro atoms. The van der Waals surface area contributed by atoms with Gasteiger partial charge < -0.3 is 9.30 Å². The Morgan fingerprint density at radius 2 is 2.16 bits per heavy atom. The van der Waals surface area contributed by atoms with E-state index in [2.05, 4.69) is 28.5 Å². The van der Waals surface area contributed by atoms with E-state index in [1.54, 1.807) is 6.92 Å². The molecule has 4 heteroatoms. The van der Waals surface area contributed by atoms with Crippen molar-refractivity contribution >= 4 is 23.2 Å². The minimum absolute atomic E-state index is 0.279. The zero-order valence-corrected chi connectivity index (χ0v) is 11.2. The van der Waals surface area contributed by atoms with Crippen molar-refractivity contribution in [3.05, 3.63) is 35.5 Å². The van der Waals surface area contributed by atoms with Gasteiger partial charge in [-0.3, -0.25) is 9.59 Å². The Morgan fingerprint density at radius 1 is 1.37 bits per heavy atom. The lowest BCUT2D eigenvalue weighted by atomic mass is 10.00. The Hall–Kier alpha value is -2.10. The zero-order chi connectivity index (χ0) is 13.8. The Labute approximate surface area is 112 Å². The lowest BCUT2D eigenvalue weighted by molar-refractivity contribution is -0.128. The van der Waals surface area contributed by atoms with Gasteiger partial charge in [0.2, 0.25) is 0 Å². The molecule has 100 valence electrons. The molecular weight excluding hydrogens is 242 g/mol. The van der Waals surface area contributed by atoms with Crippen LogP contribution < -0.4 is 0 Å². The SMILES string of the molecule is CCOC=O.Cc1ccc2c3c1ccn3CCC2=O. The van der Waals surface area contributed by atoms with Gasteiger partial charge in [-0.05, 0) is 31.5 Å². The molecule has 1 aliphatic rings. The minimum Gasteiger partial charge on any atom is -0.468 e. The second kappa shape index (κ2) is 5.69. The number of carbonyl (C=O) groups is 2. The maximum atomic E-state index is 11.7. The Morgan fingerprint density at radius 3 is 2.79 bits per heavy atom. The molecule has 4 nitrogen and oxygen atoms in total. The number of hydrogen-bond donors (Lipinski definition) is 0. The van der Waals surface area contributed by atoms with Gasteiger partial charge in [0.25, 0.3) is 6.47 Å². The van der Waals surface area contributed by atoms with Gasteiger partial charge in [0.05, 0.1) is 12.1 Å². The standard InChI is InChI=1S/C12H11NO.C3H6O2/c1-8-2-3-10-11(14)5-7-13-6-4-9(8)12(10)13;1-2-5-3-4/h2-4,6H,5,7H2,1H3;3H,2H2,1H3. The first-order valence-electron chi connectivity index (χ1n) is 6.36. The van der Waals surface area contributed by atoms with Gasteiger partial charge in [-0.1, -0.05) is 6.07 Å². The van der Waals surface area contributed by atoms with Crippen LogP contribution in [-0.4, -0.2) is 23.4 Å². The lowest BCUT2D eigenvalue weighted by Gasteiger charge is -2.15. The van der Waals surface area contributed by atoms with Gasteiger partial charge in [0.1, 0.15) is 0 Å². The molecule has 0 atom stereocenters. The normalized spacial score (nSPS) is 12.8. The summed E-state index contributed by atoms with van der Waals surface area (Å²) in [6.07, 6.45) is 2.72. The fraction of sp³-hybridized carbons (Fsp3) is 0.333. The predicted molar refractivity (Wildman–Crippen MR) is 73.3 cm³/mol. The number of ketones is 1. The van der Waals surface area contributed by atoms with E-state index in [4.69, 9.17) is 0 Å². The van der Waals surface area contributed by atoms with Crippen molar-refractivity contribution in [3.63, 3.8) is 0 Å². The maximum Gasteiger partial charge on any atom is 0.293 e. The number of carbonyl (C=O) groups excluding carboxylic acids is 2. The van der Waals surface area contributed by atoms with Crippen molar-refractivity contribution in [2.45, 2.75) is 26.8 Å².